The van der Waals surface area contributed by atoms with Crippen LogP contribution in [-0.2, 0) is 6.61 Å². The average molecular weight is 170 g/mol. The molecule has 0 aromatic heterocycles. The first kappa shape index (κ1) is 8.43. The summed E-state index contributed by atoms with van der Waals surface area (Å²) in [6.45, 7) is 0.0217. The normalized spacial score (nSPS) is 10.0. The van der Waals surface area contributed by atoms with Crippen molar-refractivity contribution < 1.29 is 10.2 Å². The van der Waals surface area contributed by atoms with E-state index >= 15 is 0 Å². The van der Waals surface area contributed by atoms with Gasteiger partial charge in [-0.05, 0) is 24.0 Å². The van der Waals surface area contributed by atoms with Crippen molar-refractivity contribution >= 4 is 11.8 Å². The fourth-order valence-electron chi connectivity index (χ4n) is 0.820. The Balaban J connectivity index is 3.02. The molecule has 2 nitrogen and oxygen atoms in total. The van der Waals surface area contributed by atoms with E-state index in [0.29, 0.717) is 0 Å². The third-order valence-electron chi connectivity index (χ3n) is 1.43. The van der Waals surface area contributed by atoms with Crippen LogP contribution in [0, 0.1) is 0 Å². The van der Waals surface area contributed by atoms with Crippen molar-refractivity contribution in [3.8, 4) is 5.75 Å². The van der Waals surface area contributed by atoms with Crippen molar-refractivity contribution in [1.29, 1.82) is 0 Å². The predicted octanol–water partition coefficient (Wildman–Crippen LogP) is 1.61. The van der Waals surface area contributed by atoms with E-state index in [1.165, 1.54) is 11.8 Å². The summed E-state index contributed by atoms with van der Waals surface area (Å²) < 4.78 is 0. The number of aliphatic hydroxyl groups excluding tert-OH is 1. The molecule has 0 unspecified atom stereocenters. The first-order valence-electron chi connectivity index (χ1n) is 3.24. The molecule has 3 heteroatoms. The van der Waals surface area contributed by atoms with Crippen molar-refractivity contribution in [1.82, 2.24) is 0 Å². The third-order valence-corrected chi connectivity index (χ3v) is 2.19. The highest BCUT2D eigenvalue weighted by Gasteiger charge is 1.99. The summed E-state index contributed by atoms with van der Waals surface area (Å²) in [5, 5.41) is 18.0. The number of aliphatic hydroxyl groups is 1. The van der Waals surface area contributed by atoms with Crippen molar-refractivity contribution in [2.24, 2.45) is 0 Å². The summed E-state index contributed by atoms with van der Waals surface area (Å²) in [6.07, 6.45) is 1.89. The van der Waals surface area contributed by atoms with Gasteiger partial charge in [-0.1, -0.05) is 6.07 Å². The second-order valence-corrected chi connectivity index (χ2v) is 3.01. The summed E-state index contributed by atoms with van der Waals surface area (Å²) in [5.41, 5.74) is 0.826. The van der Waals surface area contributed by atoms with Gasteiger partial charge in [-0.25, -0.2) is 0 Å². The number of thioether (sulfide) groups is 1. The second-order valence-electron chi connectivity index (χ2n) is 2.16. The molecule has 2 N–H and O–H groups in total. The zero-order valence-electron chi connectivity index (χ0n) is 6.24. The maximum absolute atomic E-state index is 9.23. The first-order chi connectivity index (χ1) is 5.27. The molecule has 0 saturated heterocycles. The van der Waals surface area contributed by atoms with Gasteiger partial charge in [0.05, 0.1) is 6.61 Å². The van der Waals surface area contributed by atoms with Crippen molar-refractivity contribution in [2.75, 3.05) is 6.26 Å². The molecule has 0 fully saturated rings. The number of hydrogen-bond acceptors (Lipinski definition) is 3. The topological polar surface area (TPSA) is 40.5 Å². The molecule has 11 heavy (non-hydrogen) atoms. The van der Waals surface area contributed by atoms with Crippen LogP contribution in [0.25, 0.3) is 0 Å². The number of aromatic hydroxyl groups is 1. The molecule has 0 aliphatic carbocycles. The number of phenolic OH excluding ortho intramolecular Hbond substituents is 1. The van der Waals surface area contributed by atoms with E-state index in [2.05, 4.69) is 0 Å². The van der Waals surface area contributed by atoms with Crippen LogP contribution >= 0.6 is 11.8 Å². The van der Waals surface area contributed by atoms with E-state index < -0.39 is 0 Å². The smallest absolute Gasteiger partial charge is 0.129 e. The Morgan fingerprint density at radius 2 is 2.18 bits per heavy atom. The Hall–Kier alpha value is -0.670. The summed E-state index contributed by atoms with van der Waals surface area (Å²) in [4.78, 5) is 0.802. The van der Waals surface area contributed by atoms with Crippen LogP contribution in [0.3, 0.4) is 0 Å². The van der Waals surface area contributed by atoms with Gasteiger partial charge in [-0.3, -0.25) is 0 Å². The van der Waals surface area contributed by atoms with E-state index in [4.69, 9.17) is 5.11 Å². The average Bonchev–Trinajstić information content (AvgIpc) is 2.05. The minimum absolute atomic E-state index is 0.0217. The van der Waals surface area contributed by atoms with Gasteiger partial charge in [-0.15, -0.1) is 11.8 Å². The van der Waals surface area contributed by atoms with E-state index in [9.17, 15) is 5.11 Å². The number of hydrogen-bond donors (Lipinski definition) is 2. The largest absolute Gasteiger partial charge is 0.507 e. The van der Waals surface area contributed by atoms with Crippen LogP contribution in [0.4, 0.5) is 0 Å². The highest BCUT2D eigenvalue weighted by atomic mass is 32.2. The molecule has 0 amide bonds. The van der Waals surface area contributed by atoms with E-state index in [-0.39, 0.29) is 12.4 Å². The molecular weight excluding hydrogens is 160 g/mol. The monoisotopic (exact) mass is 170 g/mol. The van der Waals surface area contributed by atoms with E-state index in [1.807, 2.05) is 6.26 Å². The van der Waals surface area contributed by atoms with Crippen LogP contribution in [0.2, 0.25) is 0 Å². The van der Waals surface area contributed by atoms with Gasteiger partial charge in [-0.2, -0.15) is 0 Å². The number of rotatable bonds is 2. The van der Waals surface area contributed by atoms with Crippen LogP contribution in [0.1, 0.15) is 5.56 Å². The second kappa shape index (κ2) is 3.64. The molecule has 1 rings (SSSR count). The standard InChI is InChI=1S/C8H10O2S/c1-11-8-4-6(5-9)2-3-7(8)10/h2-4,9-10H,5H2,1H3. The van der Waals surface area contributed by atoms with Crippen LogP contribution in [-0.4, -0.2) is 16.5 Å². The lowest BCUT2D eigenvalue weighted by molar-refractivity contribution is 0.281. The lowest BCUT2D eigenvalue weighted by atomic mass is 10.2. The van der Waals surface area contributed by atoms with Gasteiger partial charge in [0.1, 0.15) is 5.75 Å². The zero-order valence-corrected chi connectivity index (χ0v) is 7.06. The molecule has 1 aromatic rings. The molecule has 0 aliphatic rings. The van der Waals surface area contributed by atoms with Crippen LogP contribution in [0.15, 0.2) is 23.1 Å². The van der Waals surface area contributed by atoms with Gasteiger partial charge in [0.15, 0.2) is 0 Å². The Kier molecular flexibility index (Phi) is 2.79. The van der Waals surface area contributed by atoms with Gasteiger partial charge < -0.3 is 10.2 Å². The fourth-order valence-corrected chi connectivity index (χ4v) is 1.37. The van der Waals surface area contributed by atoms with Gasteiger partial charge >= 0.3 is 0 Å². The number of benzene rings is 1. The minimum Gasteiger partial charge on any atom is -0.507 e. The van der Waals surface area contributed by atoms with Crippen molar-refractivity contribution in [3.05, 3.63) is 23.8 Å². The summed E-state index contributed by atoms with van der Waals surface area (Å²) in [7, 11) is 0. The lowest BCUT2D eigenvalue weighted by Gasteiger charge is -2.02. The Morgan fingerprint density at radius 1 is 1.45 bits per heavy atom. The summed E-state index contributed by atoms with van der Waals surface area (Å²) >= 11 is 1.46. The first-order valence-corrected chi connectivity index (χ1v) is 4.47. The maximum Gasteiger partial charge on any atom is 0.129 e. The lowest BCUT2D eigenvalue weighted by Crippen LogP contribution is -1.82. The van der Waals surface area contributed by atoms with Gasteiger partial charge in [0.25, 0.3) is 0 Å². The Labute approximate surface area is 69.9 Å². The Bertz CT molecular complexity index is 248. The van der Waals surface area contributed by atoms with E-state index in [0.717, 1.165) is 10.5 Å². The molecule has 1 aromatic carbocycles. The molecule has 0 aliphatic heterocycles. The van der Waals surface area contributed by atoms with Crippen LogP contribution < -0.4 is 0 Å². The molecule has 0 radical (unpaired) electrons. The number of phenols is 1. The van der Waals surface area contributed by atoms with Gasteiger partial charge in [0.2, 0.25) is 0 Å². The molecule has 60 valence electrons. The predicted molar refractivity (Wildman–Crippen MR) is 45.8 cm³/mol. The molecule has 0 atom stereocenters. The quantitative estimate of drug-likeness (QED) is 0.662. The van der Waals surface area contributed by atoms with E-state index in [1.54, 1.807) is 18.2 Å². The SMILES string of the molecule is CSc1cc(CO)ccc1O. The van der Waals surface area contributed by atoms with Gasteiger partial charge in [0, 0.05) is 4.90 Å². The minimum atomic E-state index is 0.0217. The van der Waals surface area contributed by atoms with Crippen LogP contribution in [0.5, 0.6) is 5.75 Å². The van der Waals surface area contributed by atoms with Crippen molar-refractivity contribution in [2.45, 2.75) is 11.5 Å². The molecule has 0 saturated carbocycles. The van der Waals surface area contributed by atoms with Crippen molar-refractivity contribution in [3.63, 3.8) is 0 Å². The summed E-state index contributed by atoms with van der Waals surface area (Å²) in [6, 6.07) is 5.08. The highest BCUT2D eigenvalue weighted by Crippen LogP contribution is 2.26. The molecular formula is C8H10O2S. The fraction of sp³-hybridized carbons (Fsp3) is 0.250. The zero-order chi connectivity index (χ0) is 8.27. The Morgan fingerprint density at radius 3 is 2.73 bits per heavy atom. The molecule has 0 heterocycles. The molecule has 0 bridgehead atoms. The molecule has 0 spiro atoms. The third kappa shape index (κ3) is 1.88. The maximum atomic E-state index is 9.23. The summed E-state index contributed by atoms with van der Waals surface area (Å²) in [5.74, 6) is 0.273. The highest BCUT2D eigenvalue weighted by molar-refractivity contribution is 7.98.